The second-order valence-corrected chi connectivity index (χ2v) is 11.6. The summed E-state index contributed by atoms with van der Waals surface area (Å²) in [5.41, 5.74) is 0.633. The Bertz CT molecular complexity index is 1420. The second kappa shape index (κ2) is 9.43. The van der Waals surface area contributed by atoms with Crippen LogP contribution in [-0.4, -0.2) is 68.3 Å². The van der Waals surface area contributed by atoms with Crippen LogP contribution in [0.15, 0.2) is 28.0 Å². The van der Waals surface area contributed by atoms with Crippen molar-refractivity contribution in [3.63, 3.8) is 0 Å². The number of amides is 1. The van der Waals surface area contributed by atoms with Crippen LogP contribution in [0.1, 0.15) is 60.4 Å². The number of hydrogen-bond donors (Lipinski definition) is 3. The average molecular weight is 502 g/mol. The van der Waals surface area contributed by atoms with E-state index in [1.165, 1.54) is 17.2 Å². The Kier molecular flexibility index (Phi) is 6.77. The molecule has 2 aromatic heterocycles. The van der Waals surface area contributed by atoms with Crippen LogP contribution in [0.4, 0.5) is 17.1 Å². The molecule has 3 aromatic rings. The topological polar surface area (TPSA) is 129 Å². The number of carbonyl (C=O) groups excluding carboxylic acids is 1. The van der Waals surface area contributed by atoms with Crippen molar-refractivity contribution in [1.29, 1.82) is 0 Å². The molecule has 0 spiro atoms. The Morgan fingerprint density at radius 3 is 2.41 bits per heavy atom. The van der Waals surface area contributed by atoms with E-state index in [4.69, 9.17) is 5.10 Å². The highest BCUT2D eigenvalue weighted by Crippen LogP contribution is 2.50. The molecule has 10 nitrogen and oxygen atoms in total. The van der Waals surface area contributed by atoms with E-state index in [0.29, 0.717) is 0 Å². The number of rotatable bonds is 8. The summed E-state index contributed by atoms with van der Waals surface area (Å²) in [6, 6.07) is 1.15. The van der Waals surface area contributed by atoms with Gasteiger partial charge in [0.1, 0.15) is 11.4 Å². The number of nitrogens with one attached hydrogen (secondary N) is 2. The van der Waals surface area contributed by atoms with Gasteiger partial charge in [-0.05, 0) is 29.9 Å². The van der Waals surface area contributed by atoms with Gasteiger partial charge in [0.2, 0.25) is 0 Å². The van der Waals surface area contributed by atoms with Gasteiger partial charge in [0.05, 0.1) is 41.0 Å². The van der Waals surface area contributed by atoms with E-state index < -0.39 is 16.8 Å². The van der Waals surface area contributed by atoms with Gasteiger partial charge in [0, 0.05) is 33.5 Å². The molecule has 1 aliphatic carbocycles. The lowest BCUT2D eigenvalue weighted by Gasteiger charge is -2.37. The first-order valence-electron chi connectivity index (χ1n) is 12.5. The maximum atomic E-state index is 12.8. The Morgan fingerprint density at radius 2 is 1.81 bits per heavy atom. The first kappa shape index (κ1) is 26.6. The molecule has 4 rings (SSSR count). The Balaban J connectivity index is 1.75. The molecule has 13 heteroatoms. The monoisotopic (exact) mass is 502 g/mol. The molecule has 1 saturated carbocycles. The molecule has 2 heterocycles. The summed E-state index contributed by atoms with van der Waals surface area (Å²) in [4.78, 5) is 43.1. The molecule has 1 aromatic carbocycles. The van der Waals surface area contributed by atoms with Crippen LogP contribution < -0.4 is 21.5 Å². The lowest BCUT2D eigenvalue weighted by molar-refractivity contribution is 0.0819. The summed E-state index contributed by atoms with van der Waals surface area (Å²) in [5, 5.41) is 21.6. The maximum absolute atomic E-state index is 12.8. The summed E-state index contributed by atoms with van der Waals surface area (Å²) in [6.45, 7) is 2.20. The number of hydrogen-bond acceptors (Lipinski definition) is 8. The highest BCUT2D eigenvalue weighted by atomic mass is 16.3. The fourth-order valence-corrected chi connectivity index (χ4v) is 5.19. The standard InChI is InChI=1S/C24H33B3N6O4/c1-23(8-5-6-9-23)21(14-12(24(25,26)27)11-33(4)31-14)30-16-15(19(35)20(16)36)29-13-7-10-28-17(18(13)34)22(37)32(2)3/h7,10-11,21,30,34H,5-6,8-9,25-27H2,1-4H3,(H,28,29)/t21-/m0/s1. The summed E-state index contributed by atoms with van der Waals surface area (Å²) in [7, 11) is 11.4. The van der Waals surface area contributed by atoms with Gasteiger partial charge in [-0.3, -0.25) is 19.1 Å². The van der Waals surface area contributed by atoms with E-state index in [1.807, 2.05) is 13.2 Å². The van der Waals surface area contributed by atoms with Crippen molar-refractivity contribution in [3.8, 4) is 5.75 Å². The smallest absolute Gasteiger partial charge is 0.275 e. The predicted molar refractivity (Wildman–Crippen MR) is 152 cm³/mol. The number of aromatic nitrogens is 3. The lowest BCUT2D eigenvalue weighted by atomic mass is 9.40. The number of carbonyl (C=O) groups is 1. The van der Waals surface area contributed by atoms with E-state index >= 15 is 0 Å². The van der Waals surface area contributed by atoms with Gasteiger partial charge in [0.15, 0.2) is 11.4 Å². The molecule has 1 fully saturated rings. The van der Waals surface area contributed by atoms with Crippen LogP contribution in [0, 0.1) is 5.41 Å². The zero-order valence-electron chi connectivity index (χ0n) is 22.6. The van der Waals surface area contributed by atoms with E-state index in [-0.39, 0.29) is 45.1 Å². The van der Waals surface area contributed by atoms with Crippen LogP contribution in [0.2, 0.25) is 0 Å². The molecule has 37 heavy (non-hydrogen) atoms. The molecule has 0 aliphatic heterocycles. The number of pyridine rings is 1. The van der Waals surface area contributed by atoms with Gasteiger partial charge >= 0.3 is 0 Å². The van der Waals surface area contributed by atoms with Gasteiger partial charge in [-0.2, -0.15) is 5.10 Å². The third-order valence-corrected chi connectivity index (χ3v) is 7.37. The molecule has 0 saturated heterocycles. The van der Waals surface area contributed by atoms with Gasteiger partial charge in [-0.15, -0.1) is 0 Å². The minimum absolute atomic E-state index is 0.0505. The van der Waals surface area contributed by atoms with Crippen LogP contribution in [0.3, 0.4) is 0 Å². The van der Waals surface area contributed by atoms with E-state index in [1.54, 1.807) is 18.8 Å². The van der Waals surface area contributed by atoms with Crippen molar-refractivity contribution in [2.45, 2.75) is 43.8 Å². The fraction of sp³-hybridized carbons (Fsp3) is 0.458. The van der Waals surface area contributed by atoms with Crippen molar-refractivity contribution in [3.05, 3.63) is 55.9 Å². The van der Waals surface area contributed by atoms with Crippen LogP contribution in [0.25, 0.3) is 0 Å². The molecule has 0 unspecified atom stereocenters. The van der Waals surface area contributed by atoms with Gasteiger partial charge in [-0.25, -0.2) is 4.98 Å². The van der Waals surface area contributed by atoms with Crippen LogP contribution in [-0.2, 0) is 12.2 Å². The molecule has 1 atom stereocenters. The van der Waals surface area contributed by atoms with Crippen molar-refractivity contribution >= 4 is 46.5 Å². The van der Waals surface area contributed by atoms with Gasteiger partial charge in [0.25, 0.3) is 16.8 Å². The summed E-state index contributed by atoms with van der Waals surface area (Å²) in [5.74, 6) is -0.872. The molecule has 192 valence electrons. The maximum Gasteiger partial charge on any atom is 0.275 e. The minimum Gasteiger partial charge on any atom is -0.504 e. The van der Waals surface area contributed by atoms with Gasteiger partial charge < -0.3 is 20.6 Å². The van der Waals surface area contributed by atoms with E-state index in [9.17, 15) is 19.5 Å². The Morgan fingerprint density at radius 1 is 1.19 bits per heavy atom. The third kappa shape index (κ3) is 4.79. The largest absolute Gasteiger partial charge is 0.504 e. The molecule has 0 radical (unpaired) electrons. The number of aryl methyl sites for hydroxylation is 1. The normalized spacial score (nSPS) is 16.0. The molecular formula is C24H33B3N6O4. The minimum atomic E-state index is -0.688. The molecule has 1 amide bonds. The SMILES string of the molecule is BC(B)(B)c1cn(C)nc1[C@H](Nc1c(Nc2ccnc(C(=O)N(C)C)c2O)c(=O)c1=O)C1(C)CCCC1. The second-order valence-electron chi connectivity index (χ2n) is 11.6. The summed E-state index contributed by atoms with van der Waals surface area (Å²) in [6.07, 6.45) is 7.47. The predicted octanol–water partition coefficient (Wildman–Crippen LogP) is -0.695. The fourth-order valence-electron chi connectivity index (χ4n) is 5.19. The Labute approximate surface area is 218 Å². The first-order chi connectivity index (χ1) is 17.2. The summed E-state index contributed by atoms with van der Waals surface area (Å²) < 4.78 is 1.79. The van der Waals surface area contributed by atoms with E-state index in [0.717, 1.165) is 36.9 Å². The molecule has 1 aliphatic rings. The molecular weight excluding hydrogens is 469 g/mol. The van der Waals surface area contributed by atoms with Crippen molar-refractivity contribution < 1.29 is 9.90 Å². The first-order valence-corrected chi connectivity index (χ1v) is 12.5. The van der Waals surface area contributed by atoms with E-state index in [2.05, 4.69) is 46.1 Å². The zero-order valence-corrected chi connectivity index (χ0v) is 22.6. The van der Waals surface area contributed by atoms with Crippen molar-refractivity contribution in [2.75, 3.05) is 24.7 Å². The van der Waals surface area contributed by atoms with Crippen molar-refractivity contribution in [2.24, 2.45) is 12.5 Å². The average Bonchev–Trinajstić information content (AvgIpc) is 3.44. The van der Waals surface area contributed by atoms with Crippen LogP contribution in [0.5, 0.6) is 5.75 Å². The Hall–Kier alpha value is -3.50. The quantitative estimate of drug-likeness (QED) is 0.273. The highest BCUT2D eigenvalue weighted by molar-refractivity contribution is 6.59. The zero-order chi connectivity index (χ0) is 27.3. The van der Waals surface area contributed by atoms with Crippen LogP contribution >= 0.6 is 0 Å². The van der Waals surface area contributed by atoms with Gasteiger partial charge in [-0.1, -0.05) is 24.9 Å². The highest BCUT2D eigenvalue weighted by Gasteiger charge is 2.43. The lowest BCUT2D eigenvalue weighted by Crippen LogP contribution is -2.41. The van der Waals surface area contributed by atoms with Crippen molar-refractivity contribution in [1.82, 2.24) is 19.7 Å². The number of aromatic hydroxyl groups is 1. The molecule has 3 N–H and O–H groups in total. The number of nitrogens with zero attached hydrogens (tertiary/aromatic N) is 4. The molecule has 0 bridgehead atoms. The third-order valence-electron chi connectivity index (χ3n) is 7.37. The number of anilines is 3. The summed E-state index contributed by atoms with van der Waals surface area (Å²) >= 11 is 0.